The highest BCUT2D eigenvalue weighted by Crippen LogP contribution is 2.20. The first-order valence-corrected chi connectivity index (χ1v) is 10.7. The predicted molar refractivity (Wildman–Crippen MR) is 112 cm³/mol. The third kappa shape index (κ3) is 4.86. The second kappa shape index (κ2) is 8.13. The zero-order valence-electron chi connectivity index (χ0n) is 16.8. The standard InChI is InChI=1S/C22H24N2O4S/c1-14-5-11-20(13-15(14)2)29(26,27)24-19-9-7-18(8-10-19)22(25)23-17(4)21-12-6-16(3)28-21/h5-13,17,24H,1-4H3,(H,23,25). The Kier molecular flexibility index (Phi) is 5.79. The van der Waals surface area contributed by atoms with Crippen LogP contribution >= 0.6 is 0 Å². The van der Waals surface area contributed by atoms with Gasteiger partial charge in [0.25, 0.3) is 15.9 Å². The molecule has 1 heterocycles. The molecule has 1 atom stereocenters. The molecule has 2 aromatic carbocycles. The van der Waals surface area contributed by atoms with Crippen molar-refractivity contribution in [3.8, 4) is 0 Å². The van der Waals surface area contributed by atoms with Gasteiger partial charge in [-0.15, -0.1) is 0 Å². The largest absolute Gasteiger partial charge is 0.464 e. The van der Waals surface area contributed by atoms with Crippen LogP contribution in [0.15, 0.2) is 63.9 Å². The van der Waals surface area contributed by atoms with Gasteiger partial charge in [-0.1, -0.05) is 6.07 Å². The highest BCUT2D eigenvalue weighted by atomic mass is 32.2. The maximum atomic E-state index is 12.6. The summed E-state index contributed by atoms with van der Waals surface area (Å²) in [5.41, 5.74) is 2.74. The first-order chi connectivity index (χ1) is 13.7. The monoisotopic (exact) mass is 412 g/mol. The van der Waals surface area contributed by atoms with E-state index in [1.165, 1.54) is 0 Å². The van der Waals surface area contributed by atoms with Gasteiger partial charge < -0.3 is 9.73 Å². The second-order valence-corrected chi connectivity index (χ2v) is 8.75. The van der Waals surface area contributed by atoms with E-state index in [1.807, 2.05) is 39.8 Å². The summed E-state index contributed by atoms with van der Waals surface area (Å²) in [4.78, 5) is 12.6. The number of sulfonamides is 1. The quantitative estimate of drug-likeness (QED) is 0.624. The smallest absolute Gasteiger partial charge is 0.261 e. The number of hydrogen-bond donors (Lipinski definition) is 2. The molecule has 0 aliphatic carbocycles. The van der Waals surface area contributed by atoms with Crippen LogP contribution in [0, 0.1) is 20.8 Å². The SMILES string of the molecule is Cc1ccc(C(C)NC(=O)c2ccc(NS(=O)(=O)c3ccc(C)c(C)c3)cc2)o1. The molecule has 0 aliphatic heterocycles. The number of furan rings is 1. The van der Waals surface area contributed by atoms with Gasteiger partial charge in [-0.3, -0.25) is 9.52 Å². The molecule has 3 rings (SSSR count). The van der Waals surface area contributed by atoms with Crippen LogP contribution in [0.5, 0.6) is 0 Å². The summed E-state index contributed by atoms with van der Waals surface area (Å²) in [5.74, 6) is 1.19. The van der Waals surface area contributed by atoms with Crippen LogP contribution in [0.3, 0.4) is 0 Å². The van der Waals surface area contributed by atoms with Crippen LogP contribution in [-0.2, 0) is 10.0 Å². The Morgan fingerprint density at radius 3 is 2.21 bits per heavy atom. The highest BCUT2D eigenvalue weighted by molar-refractivity contribution is 7.92. The lowest BCUT2D eigenvalue weighted by molar-refractivity contribution is 0.0935. The van der Waals surface area contributed by atoms with E-state index in [2.05, 4.69) is 10.0 Å². The number of carbonyl (C=O) groups excluding carboxylic acids is 1. The molecule has 0 radical (unpaired) electrons. The molecule has 0 bridgehead atoms. The Morgan fingerprint density at radius 1 is 0.931 bits per heavy atom. The zero-order valence-corrected chi connectivity index (χ0v) is 17.6. The fourth-order valence-corrected chi connectivity index (χ4v) is 3.97. The van der Waals surface area contributed by atoms with Gasteiger partial charge in [-0.05, 0) is 87.4 Å². The van der Waals surface area contributed by atoms with E-state index in [-0.39, 0.29) is 16.8 Å². The molecule has 1 aromatic heterocycles. The molecule has 2 N–H and O–H groups in total. The maximum absolute atomic E-state index is 12.6. The fourth-order valence-electron chi connectivity index (χ4n) is 2.82. The fraction of sp³-hybridized carbons (Fsp3) is 0.227. The van der Waals surface area contributed by atoms with Crippen LogP contribution in [0.2, 0.25) is 0 Å². The Morgan fingerprint density at radius 2 is 1.62 bits per heavy atom. The molecule has 0 aliphatic rings. The van der Waals surface area contributed by atoms with Gasteiger partial charge in [0, 0.05) is 11.3 Å². The van der Waals surface area contributed by atoms with Crippen molar-refractivity contribution in [1.82, 2.24) is 5.32 Å². The van der Waals surface area contributed by atoms with Crippen molar-refractivity contribution in [3.05, 3.63) is 82.8 Å². The van der Waals surface area contributed by atoms with Crippen molar-refractivity contribution in [2.75, 3.05) is 4.72 Å². The summed E-state index contributed by atoms with van der Waals surface area (Å²) in [6, 6.07) is 14.7. The van der Waals surface area contributed by atoms with E-state index >= 15 is 0 Å². The summed E-state index contributed by atoms with van der Waals surface area (Å²) >= 11 is 0. The molecule has 6 nitrogen and oxygen atoms in total. The molecule has 1 amide bonds. The predicted octanol–water partition coefficient (Wildman–Crippen LogP) is 4.50. The van der Waals surface area contributed by atoms with E-state index in [0.29, 0.717) is 17.0 Å². The second-order valence-electron chi connectivity index (χ2n) is 7.07. The molecule has 1 unspecified atom stereocenters. The van der Waals surface area contributed by atoms with Crippen LogP contribution in [0.25, 0.3) is 0 Å². The number of rotatable bonds is 6. The summed E-state index contributed by atoms with van der Waals surface area (Å²) in [7, 11) is -3.70. The molecule has 152 valence electrons. The molecule has 7 heteroatoms. The average molecular weight is 413 g/mol. The highest BCUT2D eigenvalue weighted by Gasteiger charge is 2.17. The van der Waals surface area contributed by atoms with Gasteiger partial charge in [-0.25, -0.2) is 8.42 Å². The molecular formula is C22H24N2O4S. The van der Waals surface area contributed by atoms with E-state index in [0.717, 1.165) is 16.9 Å². The Hall–Kier alpha value is -3.06. The lowest BCUT2D eigenvalue weighted by atomic mass is 10.1. The van der Waals surface area contributed by atoms with Gasteiger partial charge in [-0.2, -0.15) is 0 Å². The minimum absolute atomic E-state index is 0.199. The first-order valence-electron chi connectivity index (χ1n) is 9.23. The van der Waals surface area contributed by atoms with Crippen LogP contribution in [0.1, 0.15) is 46.0 Å². The van der Waals surface area contributed by atoms with Crippen molar-refractivity contribution in [3.63, 3.8) is 0 Å². The van der Waals surface area contributed by atoms with Crippen molar-refractivity contribution < 1.29 is 17.6 Å². The van der Waals surface area contributed by atoms with Crippen LogP contribution in [0.4, 0.5) is 5.69 Å². The van der Waals surface area contributed by atoms with E-state index < -0.39 is 10.0 Å². The normalized spacial score (nSPS) is 12.4. The topological polar surface area (TPSA) is 88.4 Å². The van der Waals surface area contributed by atoms with Crippen LogP contribution in [-0.4, -0.2) is 14.3 Å². The number of nitrogens with one attached hydrogen (secondary N) is 2. The van der Waals surface area contributed by atoms with Crippen molar-refractivity contribution in [2.24, 2.45) is 0 Å². The molecule has 29 heavy (non-hydrogen) atoms. The van der Waals surface area contributed by atoms with Crippen molar-refractivity contribution in [2.45, 2.75) is 38.6 Å². The first kappa shape index (κ1) is 20.7. The number of carbonyl (C=O) groups is 1. The third-order valence-corrected chi connectivity index (χ3v) is 6.10. The Bertz CT molecular complexity index is 1130. The minimum atomic E-state index is -3.70. The third-order valence-electron chi connectivity index (χ3n) is 4.72. The molecule has 0 fully saturated rings. The van der Waals surface area contributed by atoms with Gasteiger partial charge >= 0.3 is 0 Å². The van der Waals surface area contributed by atoms with E-state index in [1.54, 1.807) is 42.5 Å². The molecule has 0 spiro atoms. The lowest BCUT2D eigenvalue weighted by Gasteiger charge is -2.13. The van der Waals surface area contributed by atoms with Crippen molar-refractivity contribution in [1.29, 1.82) is 0 Å². The van der Waals surface area contributed by atoms with E-state index in [4.69, 9.17) is 4.42 Å². The minimum Gasteiger partial charge on any atom is -0.464 e. The molecule has 3 aromatic rings. The van der Waals surface area contributed by atoms with Gasteiger partial charge in [0.05, 0.1) is 10.9 Å². The number of aryl methyl sites for hydroxylation is 3. The zero-order chi connectivity index (χ0) is 21.2. The summed E-state index contributed by atoms with van der Waals surface area (Å²) in [6.07, 6.45) is 0. The van der Waals surface area contributed by atoms with Crippen LogP contribution < -0.4 is 10.0 Å². The number of hydrogen-bond acceptors (Lipinski definition) is 4. The van der Waals surface area contributed by atoms with Gasteiger partial charge in [0.1, 0.15) is 11.5 Å². The van der Waals surface area contributed by atoms with E-state index in [9.17, 15) is 13.2 Å². The molecule has 0 saturated carbocycles. The number of amides is 1. The average Bonchev–Trinajstić information content (AvgIpc) is 3.10. The summed E-state index contributed by atoms with van der Waals surface area (Å²) in [5, 5.41) is 2.86. The van der Waals surface area contributed by atoms with Gasteiger partial charge in [0.15, 0.2) is 0 Å². The lowest BCUT2D eigenvalue weighted by Crippen LogP contribution is -2.26. The number of anilines is 1. The number of benzene rings is 2. The Labute approximate surface area is 171 Å². The molecular weight excluding hydrogens is 388 g/mol. The maximum Gasteiger partial charge on any atom is 0.261 e. The van der Waals surface area contributed by atoms with Crippen molar-refractivity contribution >= 4 is 21.6 Å². The Balaban J connectivity index is 1.69. The summed E-state index contributed by atoms with van der Waals surface area (Å²) in [6.45, 7) is 7.47. The van der Waals surface area contributed by atoms with Gasteiger partial charge in [0.2, 0.25) is 0 Å². The molecule has 0 saturated heterocycles. The summed E-state index contributed by atoms with van der Waals surface area (Å²) < 4.78 is 33.2.